The number of oxazole rings is 1. The number of hydrogen-bond acceptors (Lipinski definition) is 4. The Kier molecular flexibility index (Phi) is 4.27. The van der Waals surface area contributed by atoms with Crippen LogP contribution in [-0.2, 0) is 6.18 Å². The SMILES string of the molecule is NCCNC(=O)c1oc(-c2ccccc2)nc1C(F)(F)F. The molecule has 0 aliphatic heterocycles. The third-order valence-corrected chi connectivity index (χ3v) is 2.55. The number of nitrogens with zero attached hydrogens (tertiary/aromatic N) is 1. The first kappa shape index (κ1) is 15.0. The molecular formula is C13H12F3N3O2. The molecule has 1 aromatic heterocycles. The summed E-state index contributed by atoms with van der Waals surface area (Å²) in [6.07, 6.45) is -4.79. The average Bonchev–Trinajstić information content (AvgIpc) is 2.91. The molecule has 8 heteroatoms. The minimum absolute atomic E-state index is 0.0392. The normalized spacial score (nSPS) is 11.4. The van der Waals surface area contributed by atoms with Gasteiger partial charge < -0.3 is 15.5 Å². The maximum absolute atomic E-state index is 12.9. The number of aromatic nitrogens is 1. The molecule has 0 saturated heterocycles. The lowest BCUT2D eigenvalue weighted by molar-refractivity contribution is -0.141. The van der Waals surface area contributed by atoms with Crippen LogP contribution in [0.5, 0.6) is 0 Å². The smallest absolute Gasteiger partial charge is 0.430 e. The van der Waals surface area contributed by atoms with Gasteiger partial charge in [-0.3, -0.25) is 4.79 Å². The number of hydrogen-bond donors (Lipinski definition) is 2. The lowest BCUT2D eigenvalue weighted by atomic mass is 10.2. The predicted octanol–water partition coefficient (Wildman–Crippen LogP) is 2.05. The summed E-state index contributed by atoms with van der Waals surface area (Å²) >= 11 is 0. The summed E-state index contributed by atoms with van der Waals surface area (Å²) in [5.41, 5.74) is 4.19. The Morgan fingerprint density at radius 1 is 1.29 bits per heavy atom. The van der Waals surface area contributed by atoms with E-state index >= 15 is 0 Å². The molecule has 0 fully saturated rings. The van der Waals surface area contributed by atoms with E-state index in [-0.39, 0.29) is 19.0 Å². The van der Waals surface area contributed by atoms with Gasteiger partial charge in [-0.1, -0.05) is 18.2 Å². The zero-order chi connectivity index (χ0) is 15.5. The van der Waals surface area contributed by atoms with Crippen molar-refractivity contribution >= 4 is 5.91 Å². The van der Waals surface area contributed by atoms with Gasteiger partial charge in [-0.15, -0.1) is 0 Å². The fraction of sp³-hybridized carbons (Fsp3) is 0.231. The summed E-state index contributed by atoms with van der Waals surface area (Å²) in [7, 11) is 0. The van der Waals surface area contributed by atoms with Gasteiger partial charge in [0, 0.05) is 18.7 Å². The van der Waals surface area contributed by atoms with E-state index in [0.717, 1.165) is 0 Å². The second-order valence-electron chi connectivity index (χ2n) is 4.11. The van der Waals surface area contributed by atoms with E-state index in [2.05, 4.69) is 10.3 Å². The number of benzene rings is 1. The van der Waals surface area contributed by atoms with Gasteiger partial charge in [0.15, 0.2) is 5.69 Å². The number of halogens is 3. The van der Waals surface area contributed by atoms with Gasteiger partial charge in [0.25, 0.3) is 5.91 Å². The number of rotatable bonds is 4. The summed E-state index contributed by atoms with van der Waals surface area (Å²) in [5, 5.41) is 2.23. The van der Waals surface area contributed by atoms with Crippen molar-refractivity contribution in [2.75, 3.05) is 13.1 Å². The van der Waals surface area contributed by atoms with Crippen LogP contribution in [0.15, 0.2) is 34.7 Å². The first-order valence-electron chi connectivity index (χ1n) is 6.05. The number of nitrogens with two attached hydrogens (primary N) is 1. The maximum atomic E-state index is 12.9. The monoisotopic (exact) mass is 299 g/mol. The first-order chi connectivity index (χ1) is 9.93. The first-order valence-corrected chi connectivity index (χ1v) is 6.05. The number of carbonyl (C=O) groups excluding carboxylic acids is 1. The summed E-state index contributed by atoms with van der Waals surface area (Å²) in [4.78, 5) is 15.1. The van der Waals surface area contributed by atoms with Crippen LogP contribution < -0.4 is 11.1 Å². The van der Waals surface area contributed by atoms with Gasteiger partial charge >= 0.3 is 6.18 Å². The van der Waals surface area contributed by atoms with Crippen LogP contribution in [0, 0.1) is 0 Å². The number of amides is 1. The lowest BCUT2D eigenvalue weighted by Crippen LogP contribution is -2.30. The molecule has 0 saturated carbocycles. The molecule has 0 radical (unpaired) electrons. The Bertz CT molecular complexity index is 623. The van der Waals surface area contributed by atoms with Crippen LogP contribution in [0.25, 0.3) is 11.5 Å². The summed E-state index contributed by atoms with van der Waals surface area (Å²) < 4.78 is 43.8. The second kappa shape index (κ2) is 5.96. The van der Waals surface area contributed by atoms with E-state index in [4.69, 9.17) is 10.2 Å². The maximum Gasteiger partial charge on any atom is 0.437 e. The Balaban J connectivity index is 2.43. The second-order valence-corrected chi connectivity index (χ2v) is 4.11. The average molecular weight is 299 g/mol. The fourth-order valence-corrected chi connectivity index (χ4v) is 1.64. The van der Waals surface area contributed by atoms with Crippen LogP contribution in [0.4, 0.5) is 13.2 Å². The zero-order valence-corrected chi connectivity index (χ0v) is 10.8. The van der Waals surface area contributed by atoms with Gasteiger partial charge in [-0.25, -0.2) is 4.98 Å². The molecule has 2 aromatic rings. The molecule has 0 unspecified atom stereocenters. The number of nitrogens with one attached hydrogen (secondary N) is 1. The van der Waals surface area contributed by atoms with Crippen molar-refractivity contribution in [2.24, 2.45) is 5.73 Å². The highest BCUT2D eigenvalue weighted by Gasteiger charge is 2.41. The minimum atomic E-state index is -4.79. The molecule has 0 aliphatic rings. The van der Waals surface area contributed by atoms with Crippen LogP contribution in [0.3, 0.4) is 0 Å². The minimum Gasteiger partial charge on any atom is -0.430 e. The standard InChI is InChI=1S/C13H12F3N3O2/c14-13(15,16)10-9(11(20)18-7-6-17)21-12(19-10)8-4-2-1-3-5-8/h1-5H,6-7,17H2,(H,18,20). The van der Waals surface area contributed by atoms with Gasteiger partial charge in [0.05, 0.1) is 0 Å². The molecular weight excluding hydrogens is 287 g/mol. The van der Waals surface area contributed by atoms with Gasteiger partial charge in [-0.05, 0) is 12.1 Å². The van der Waals surface area contributed by atoms with Crippen molar-refractivity contribution in [1.82, 2.24) is 10.3 Å². The third-order valence-electron chi connectivity index (χ3n) is 2.55. The molecule has 2 rings (SSSR count). The van der Waals surface area contributed by atoms with Crippen LogP contribution in [0.2, 0.25) is 0 Å². The molecule has 0 aliphatic carbocycles. The highest BCUT2D eigenvalue weighted by molar-refractivity contribution is 5.93. The topological polar surface area (TPSA) is 81.1 Å². The highest BCUT2D eigenvalue weighted by Crippen LogP contribution is 2.34. The van der Waals surface area contributed by atoms with Crippen LogP contribution >= 0.6 is 0 Å². The molecule has 0 bridgehead atoms. The van der Waals surface area contributed by atoms with Crippen LogP contribution in [0.1, 0.15) is 16.2 Å². The zero-order valence-electron chi connectivity index (χ0n) is 10.8. The van der Waals surface area contributed by atoms with E-state index in [1.165, 1.54) is 12.1 Å². The van der Waals surface area contributed by atoms with Crippen molar-refractivity contribution in [3.05, 3.63) is 41.8 Å². The Morgan fingerprint density at radius 3 is 2.52 bits per heavy atom. The molecule has 0 spiro atoms. The van der Waals surface area contributed by atoms with Crippen molar-refractivity contribution in [3.8, 4) is 11.5 Å². The van der Waals surface area contributed by atoms with Crippen molar-refractivity contribution in [3.63, 3.8) is 0 Å². The Labute approximate surface area is 118 Å². The molecule has 1 amide bonds. The van der Waals surface area contributed by atoms with Crippen LogP contribution in [-0.4, -0.2) is 24.0 Å². The third kappa shape index (κ3) is 3.40. The van der Waals surface area contributed by atoms with E-state index in [1.807, 2.05) is 0 Å². The summed E-state index contributed by atoms with van der Waals surface area (Å²) in [6, 6.07) is 8.02. The Hall–Kier alpha value is -2.35. The van der Waals surface area contributed by atoms with E-state index < -0.39 is 23.5 Å². The van der Waals surface area contributed by atoms with Crippen molar-refractivity contribution < 1.29 is 22.4 Å². The summed E-state index contributed by atoms with van der Waals surface area (Å²) in [5.74, 6) is -2.13. The molecule has 112 valence electrons. The van der Waals surface area contributed by atoms with E-state index in [0.29, 0.717) is 5.56 Å². The molecule has 1 aromatic carbocycles. The van der Waals surface area contributed by atoms with Gasteiger partial charge in [-0.2, -0.15) is 13.2 Å². The Morgan fingerprint density at radius 2 is 1.95 bits per heavy atom. The quantitative estimate of drug-likeness (QED) is 0.905. The molecule has 1 heterocycles. The summed E-state index contributed by atoms with van der Waals surface area (Å²) in [6.45, 7) is 0.143. The number of carbonyl (C=O) groups is 1. The lowest BCUT2D eigenvalue weighted by Gasteiger charge is -2.04. The molecule has 21 heavy (non-hydrogen) atoms. The van der Waals surface area contributed by atoms with Gasteiger partial charge in [0.1, 0.15) is 0 Å². The molecule has 3 N–H and O–H groups in total. The van der Waals surface area contributed by atoms with Crippen molar-refractivity contribution in [1.29, 1.82) is 0 Å². The molecule has 0 atom stereocenters. The van der Waals surface area contributed by atoms with Gasteiger partial charge in [0.2, 0.25) is 11.7 Å². The number of alkyl halides is 3. The van der Waals surface area contributed by atoms with E-state index in [9.17, 15) is 18.0 Å². The van der Waals surface area contributed by atoms with E-state index in [1.54, 1.807) is 18.2 Å². The fourth-order valence-electron chi connectivity index (χ4n) is 1.64. The largest absolute Gasteiger partial charge is 0.437 e. The van der Waals surface area contributed by atoms with Crippen molar-refractivity contribution in [2.45, 2.75) is 6.18 Å². The highest BCUT2D eigenvalue weighted by atomic mass is 19.4. The predicted molar refractivity (Wildman–Crippen MR) is 68.3 cm³/mol. The molecule has 5 nitrogen and oxygen atoms in total.